The molecule has 0 bridgehead atoms. The van der Waals surface area contributed by atoms with Crippen molar-refractivity contribution in [1.29, 1.82) is 0 Å². The molecule has 4 rings (SSSR count). The van der Waals surface area contributed by atoms with Crippen molar-refractivity contribution in [2.75, 3.05) is 0 Å². The van der Waals surface area contributed by atoms with Gasteiger partial charge in [0.15, 0.2) is 0 Å². The Balaban J connectivity index is 1.45. The molecule has 4 aliphatic heterocycles. The Bertz CT molecular complexity index is 566. The van der Waals surface area contributed by atoms with E-state index in [1.54, 1.807) is 4.47 Å². The predicted octanol–water partition coefficient (Wildman–Crippen LogP) is 3.67. The van der Waals surface area contributed by atoms with Gasteiger partial charge in [-0.1, -0.05) is 0 Å². The molecule has 4 aliphatic rings. The molecule has 102 valence electrons. The second-order valence-electron chi connectivity index (χ2n) is 3.57. The molecule has 4 heterocycles. The Labute approximate surface area is 160 Å². The van der Waals surface area contributed by atoms with Crippen LogP contribution in [0.4, 0.5) is 0 Å². The third-order valence-electron chi connectivity index (χ3n) is 2.34. The standard InChI is InChI=1S/C12H6S4Se4/c1-2-14-9(13-1)10-15-5-7(16-10)8-6-19-12(20-8)11-17-3-4-18-11/h1-6H. The van der Waals surface area contributed by atoms with Crippen molar-refractivity contribution in [1.82, 2.24) is 0 Å². The van der Waals surface area contributed by atoms with Gasteiger partial charge in [-0.2, -0.15) is 0 Å². The zero-order chi connectivity index (χ0) is 13.4. The summed E-state index contributed by atoms with van der Waals surface area (Å²) in [6.07, 6.45) is 0. The third-order valence-corrected chi connectivity index (χ3v) is 22.5. The van der Waals surface area contributed by atoms with Crippen LogP contribution in [0.5, 0.6) is 0 Å². The Morgan fingerprint density at radius 1 is 0.800 bits per heavy atom. The van der Waals surface area contributed by atoms with Crippen LogP contribution in [0.1, 0.15) is 0 Å². The molecule has 20 heavy (non-hydrogen) atoms. The molecule has 0 aromatic heterocycles. The maximum absolute atomic E-state index is 2.56. The topological polar surface area (TPSA) is 0 Å². The van der Waals surface area contributed by atoms with Gasteiger partial charge in [0.2, 0.25) is 0 Å². The van der Waals surface area contributed by atoms with Crippen LogP contribution in [0, 0.1) is 0 Å². The molecule has 0 aliphatic carbocycles. The molecule has 0 radical (unpaired) electrons. The summed E-state index contributed by atoms with van der Waals surface area (Å²) >= 11 is 10.3. The van der Waals surface area contributed by atoms with Crippen LogP contribution in [-0.2, 0) is 0 Å². The van der Waals surface area contributed by atoms with E-state index in [4.69, 9.17) is 0 Å². The van der Waals surface area contributed by atoms with Gasteiger partial charge in [-0.15, -0.1) is 0 Å². The molecule has 0 aromatic carbocycles. The monoisotopic (exact) mass is 598 g/mol. The molecule has 0 spiro atoms. The Kier molecular flexibility index (Phi) is 5.57. The van der Waals surface area contributed by atoms with E-state index >= 15 is 0 Å². The van der Waals surface area contributed by atoms with Crippen LogP contribution in [0.2, 0.25) is 0 Å². The summed E-state index contributed by atoms with van der Waals surface area (Å²) in [5.74, 6) is 0. The first-order chi connectivity index (χ1) is 9.90. The van der Waals surface area contributed by atoms with Crippen molar-refractivity contribution >= 4 is 107 Å². The van der Waals surface area contributed by atoms with Crippen LogP contribution in [0.25, 0.3) is 0 Å². The Morgan fingerprint density at radius 3 is 2.40 bits per heavy atom. The number of thioether (sulfide) groups is 4. The van der Waals surface area contributed by atoms with E-state index in [9.17, 15) is 0 Å². The first-order valence-electron chi connectivity index (χ1n) is 5.45. The normalized spacial score (nSPS) is 25.2. The van der Waals surface area contributed by atoms with E-state index in [1.165, 1.54) is 13.4 Å². The average Bonchev–Trinajstić information content (AvgIpc) is 3.22. The molecular formula is C12H6S4Se4. The molecule has 0 atom stereocenters. The van der Waals surface area contributed by atoms with Crippen LogP contribution >= 0.6 is 47.0 Å². The summed E-state index contributed by atoms with van der Waals surface area (Å²) in [5, 5.41) is 6.76. The van der Waals surface area contributed by atoms with Gasteiger partial charge in [0.25, 0.3) is 0 Å². The first-order valence-corrected chi connectivity index (χ1v) is 16.2. The van der Waals surface area contributed by atoms with Gasteiger partial charge in [-0.3, -0.25) is 0 Å². The summed E-state index contributed by atoms with van der Waals surface area (Å²) in [6.45, 7) is 0. The molecule has 0 nitrogen and oxygen atoms in total. The van der Waals surface area contributed by atoms with Crippen LogP contribution < -0.4 is 0 Å². The molecule has 0 saturated carbocycles. The Hall–Kier alpha value is 1.92. The molecule has 0 unspecified atom stereocenters. The second-order valence-corrected chi connectivity index (χ2v) is 18.4. The number of allylic oxidation sites excluding steroid dienone is 1. The van der Waals surface area contributed by atoms with E-state index in [0.717, 1.165) is 0 Å². The summed E-state index contributed by atoms with van der Waals surface area (Å²) in [7, 11) is 0. The van der Waals surface area contributed by atoms with Crippen molar-refractivity contribution in [2.24, 2.45) is 0 Å². The zero-order valence-corrected chi connectivity index (χ0v) is 19.8. The fourth-order valence-electron chi connectivity index (χ4n) is 1.51. The number of hydrogen-bond acceptors (Lipinski definition) is 4. The van der Waals surface area contributed by atoms with Crippen molar-refractivity contribution in [3.63, 3.8) is 0 Å². The quantitative estimate of drug-likeness (QED) is 0.426. The number of hydrogen-bond donors (Lipinski definition) is 0. The summed E-state index contributed by atoms with van der Waals surface area (Å²) < 4.78 is 8.31. The zero-order valence-electron chi connectivity index (χ0n) is 9.73. The van der Waals surface area contributed by atoms with Crippen molar-refractivity contribution < 1.29 is 0 Å². The van der Waals surface area contributed by atoms with Gasteiger partial charge < -0.3 is 0 Å². The van der Waals surface area contributed by atoms with Gasteiger partial charge in [0.1, 0.15) is 0 Å². The molecule has 0 aromatic rings. The Morgan fingerprint density at radius 2 is 1.60 bits per heavy atom. The molecular weight excluding hydrogens is 588 g/mol. The van der Waals surface area contributed by atoms with Crippen LogP contribution in [0.3, 0.4) is 0 Å². The van der Waals surface area contributed by atoms with Gasteiger partial charge in [0.05, 0.1) is 0 Å². The molecule has 0 amide bonds. The van der Waals surface area contributed by atoms with Gasteiger partial charge >= 0.3 is 163 Å². The third kappa shape index (κ3) is 3.38. The van der Waals surface area contributed by atoms with Crippen molar-refractivity contribution in [3.8, 4) is 0 Å². The first kappa shape index (κ1) is 15.4. The van der Waals surface area contributed by atoms with Gasteiger partial charge in [-0.25, -0.2) is 0 Å². The molecule has 0 saturated heterocycles. The van der Waals surface area contributed by atoms with E-state index in [2.05, 4.69) is 31.1 Å². The summed E-state index contributed by atoms with van der Waals surface area (Å²) in [5.41, 5.74) is 0. The van der Waals surface area contributed by atoms with Crippen molar-refractivity contribution in [3.05, 3.63) is 55.7 Å². The van der Waals surface area contributed by atoms with Gasteiger partial charge in [0, 0.05) is 0 Å². The second kappa shape index (κ2) is 7.21. The minimum absolute atomic E-state index is 0.624. The maximum atomic E-state index is 2.56. The molecule has 8 heteroatoms. The van der Waals surface area contributed by atoms with Crippen molar-refractivity contribution in [2.45, 2.75) is 0 Å². The van der Waals surface area contributed by atoms with E-state index in [1.807, 2.05) is 53.8 Å². The molecule has 0 N–H and O–H groups in total. The summed E-state index contributed by atoms with van der Waals surface area (Å²) in [4.78, 5) is 8.93. The predicted molar refractivity (Wildman–Crippen MR) is 102 cm³/mol. The minimum atomic E-state index is 0.624. The van der Waals surface area contributed by atoms with E-state index in [0.29, 0.717) is 59.8 Å². The van der Waals surface area contributed by atoms with Crippen LogP contribution in [-0.4, -0.2) is 59.8 Å². The van der Waals surface area contributed by atoms with E-state index < -0.39 is 0 Å². The molecule has 0 fully saturated rings. The fourth-order valence-corrected chi connectivity index (χ4v) is 20.2. The average molecular weight is 594 g/mol. The number of rotatable bonds is 1. The SMILES string of the molecule is C1=CSC(=C2SC=C(C3=C[Se]C(=C4[Se]C=C[Se]4)[Se]3)S2)S1. The van der Waals surface area contributed by atoms with Gasteiger partial charge in [-0.05, 0) is 0 Å². The fraction of sp³-hybridized carbons (Fsp3) is 0. The summed E-state index contributed by atoms with van der Waals surface area (Å²) in [6, 6.07) is 0. The van der Waals surface area contributed by atoms with E-state index in [-0.39, 0.29) is 0 Å². The van der Waals surface area contributed by atoms with Crippen LogP contribution in [0.15, 0.2) is 55.7 Å².